The van der Waals surface area contributed by atoms with E-state index in [2.05, 4.69) is 0 Å². The highest BCUT2D eigenvalue weighted by atomic mass is 19.4. The molecule has 4 N–H and O–H groups in total. The van der Waals surface area contributed by atoms with Crippen molar-refractivity contribution in [2.75, 3.05) is 6.54 Å². The predicted octanol–water partition coefficient (Wildman–Crippen LogP) is 1.03. The van der Waals surface area contributed by atoms with Crippen LogP contribution >= 0.6 is 0 Å². The van der Waals surface area contributed by atoms with Crippen molar-refractivity contribution in [3.63, 3.8) is 0 Å². The summed E-state index contributed by atoms with van der Waals surface area (Å²) in [6.07, 6.45) is -2.94. The van der Waals surface area contributed by atoms with Gasteiger partial charge in [0.15, 0.2) is 0 Å². The molecule has 5 nitrogen and oxygen atoms in total. The van der Waals surface area contributed by atoms with E-state index < -0.39 is 29.0 Å². The number of hydrogen-bond acceptors (Lipinski definition) is 3. The Bertz CT molecular complexity index is 378. The lowest BCUT2D eigenvalue weighted by Crippen LogP contribution is -2.64. The van der Waals surface area contributed by atoms with Crippen molar-refractivity contribution >= 4 is 11.9 Å². The lowest BCUT2D eigenvalue weighted by molar-refractivity contribution is -0.208. The monoisotopic (exact) mass is 282 g/mol. The van der Waals surface area contributed by atoms with Gasteiger partial charge in [0.05, 0.1) is 5.41 Å². The standard InChI is InChI=1S/C11H17F3N2O3/c1-9(8(18)19,11(12,13)14)16-7(17)10(6-15)4-2-3-5-10/h2-6,15H2,1H3,(H,16,17)(H,18,19). The van der Waals surface area contributed by atoms with Gasteiger partial charge >= 0.3 is 12.1 Å². The van der Waals surface area contributed by atoms with Gasteiger partial charge < -0.3 is 16.2 Å². The van der Waals surface area contributed by atoms with Gasteiger partial charge in [0.25, 0.3) is 0 Å². The van der Waals surface area contributed by atoms with E-state index in [0.29, 0.717) is 32.6 Å². The second-order valence-electron chi connectivity index (χ2n) is 5.07. The number of carbonyl (C=O) groups is 2. The molecule has 1 amide bonds. The first-order chi connectivity index (χ1) is 8.59. The summed E-state index contributed by atoms with van der Waals surface area (Å²) in [6, 6.07) is 0. The minimum absolute atomic E-state index is 0.0909. The van der Waals surface area contributed by atoms with Crippen LogP contribution in [-0.2, 0) is 9.59 Å². The summed E-state index contributed by atoms with van der Waals surface area (Å²) in [6.45, 7) is 0.346. The highest BCUT2D eigenvalue weighted by molar-refractivity contribution is 5.90. The van der Waals surface area contributed by atoms with Crippen LogP contribution in [0.2, 0.25) is 0 Å². The molecule has 19 heavy (non-hydrogen) atoms. The zero-order valence-electron chi connectivity index (χ0n) is 10.5. The molecule has 0 heterocycles. The summed E-state index contributed by atoms with van der Waals surface area (Å²) in [5, 5.41) is 10.4. The summed E-state index contributed by atoms with van der Waals surface area (Å²) >= 11 is 0. The number of hydrogen-bond donors (Lipinski definition) is 3. The van der Waals surface area contributed by atoms with Gasteiger partial charge in [-0.05, 0) is 19.8 Å². The van der Waals surface area contributed by atoms with Crippen molar-refractivity contribution in [2.45, 2.75) is 44.3 Å². The lowest BCUT2D eigenvalue weighted by atomic mass is 9.84. The minimum Gasteiger partial charge on any atom is -0.479 e. The van der Waals surface area contributed by atoms with Gasteiger partial charge in [-0.15, -0.1) is 0 Å². The molecule has 1 rings (SSSR count). The van der Waals surface area contributed by atoms with E-state index in [-0.39, 0.29) is 6.54 Å². The van der Waals surface area contributed by atoms with E-state index in [0.717, 1.165) is 0 Å². The second-order valence-corrected chi connectivity index (χ2v) is 5.07. The number of rotatable bonds is 4. The molecule has 1 aliphatic carbocycles. The molecule has 1 atom stereocenters. The number of alkyl halides is 3. The molecule has 110 valence electrons. The average molecular weight is 282 g/mol. The Morgan fingerprint density at radius 3 is 2.11 bits per heavy atom. The Balaban J connectivity index is 2.98. The van der Waals surface area contributed by atoms with Crippen molar-refractivity contribution in [1.82, 2.24) is 5.32 Å². The molecular formula is C11H17F3N2O3. The van der Waals surface area contributed by atoms with Crippen LogP contribution in [0.5, 0.6) is 0 Å². The first-order valence-electron chi connectivity index (χ1n) is 5.92. The third kappa shape index (κ3) is 2.68. The highest BCUT2D eigenvalue weighted by Crippen LogP contribution is 2.39. The molecule has 1 unspecified atom stereocenters. The minimum atomic E-state index is -5.08. The molecule has 1 saturated carbocycles. The van der Waals surface area contributed by atoms with Gasteiger partial charge in [0.2, 0.25) is 11.4 Å². The summed E-state index contributed by atoms with van der Waals surface area (Å²) < 4.78 is 38.4. The zero-order valence-corrected chi connectivity index (χ0v) is 10.5. The Kier molecular flexibility index (Phi) is 4.14. The SMILES string of the molecule is CC(NC(=O)C1(CN)CCCC1)(C(=O)O)C(F)(F)F. The van der Waals surface area contributed by atoms with Crippen molar-refractivity contribution < 1.29 is 27.9 Å². The van der Waals surface area contributed by atoms with Crippen molar-refractivity contribution in [2.24, 2.45) is 11.1 Å². The Labute approximate surface area is 108 Å². The van der Waals surface area contributed by atoms with E-state index in [4.69, 9.17) is 10.8 Å². The molecule has 0 aromatic rings. The van der Waals surface area contributed by atoms with Crippen LogP contribution in [0.3, 0.4) is 0 Å². The Morgan fingerprint density at radius 2 is 1.79 bits per heavy atom. The maximum Gasteiger partial charge on any atom is 0.422 e. The summed E-state index contributed by atoms with van der Waals surface area (Å²) in [7, 11) is 0. The zero-order chi connectivity index (χ0) is 14.9. The first kappa shape index (κ1) is 15.7. The summed E-state index contributed by atoms with van der Waals surface area (Å²) in [4.78, 5) is 22.9. The molecule has 0 bridgehead atoms. The first-order valence-corrected chi connectivity index (χ1v) is 5.92. The molecular weight excluding hydrogens is 265 g/mol. The van der Waals surface area contributed by atoms with Gasteiger partial charge in [-0.3, -0.25) is 4.79 Å². The van der Waals surface area contributed by atoms with Crippen LogP contribution in [0.1, 0.15) is 32.6 Å². The number of carboxylic acid groups (broad SMARTS) is 1. The van der Waals surface area contributed by atoms with Gasteiger partial charge in [-0.25, -0.2) is 4.79 Å². The smallest absolute Gasteiger partial charge is 0.422 e. The molecule has 0 aromatic carbocycles. The third-order valence-electron chi connectivity index (χ3n) is 3.79. The van der Waals surface area contributed by atoms with E-state index >= 15 is 0 Å². The molecule has 8 heteroatoms. The van der Waals surface area contributed by atoms with Crippen molar-refractivity contribution in [3.05, 3.63) is 0 Å². The largest absolute Gasteiger partial charge is 0.479 e. The Hall–Kier alpha value is -1.31. The van der Waals surface area contributed by atoms with Crippen LogP contribution in [0, 0.1) is 5.41 Å². The quantitative estimate of drug-likeness (QED) is 0.718. The number of halogens is 3. The normalized spacial score (nSPS) is 21.7. The van der Waals surface area contributed by atoms with Gasteiger partial charge in [-0.1, -0.05) is 12.8 Å². The number of nitrogens with two attached hydrogens (primary N) is 1. The van der Waals surface area contributed by atoms with Gasteiger partial charge in [0, 0.05) is 6.54 Å². The fourth-order valence-electron chi connectivity index (χ4n) is 2.18. The second kappa shape index (κ2) is 4.99. The average Bonchev–Trinajstić information content (AvgIpc) is 2.76. The molecule has 1 fully saturated rings. The fraction of sp³-hybridized carbons (Fsp3) is 0.818. The van der Waals surface area contributed by atoms with Gasteiger partial charge in [0.1, 0.15) is 0 Å². The van der Waals surface area contributed by atoms with Gasteiger partial charge in [-0.2, -0.15) is 13.2 Å². The predicted molar refractivity (Wildman–Crippen MR) is 60.2 cm³/mol. The topological polar surface area (TPSA) is 92.4 Å². The maximum atomic E-state index is 12.8. The van der Waals surface area contributed by atoms with Crippen molar-refractivity contribution in [3.8, 4) is 0 Å². The molecule has 0 radical (unpaired) electrons. The van der Waals surface area contributed by atoms with Crippen LogP contribution < -0.4 is 11.1 Å². The van der Waals surface area contributed by atoms with Crippen LogP contribution in [-0.4, -0.2) is 35.2 Å². The molecule has 0 aliphatic heterocycles. The van der Waals surface area contributed by atoms with Crippen LogP contribution in [0.4, 0.5) is 13.2 Å². The number of carboxylic acids is 1. The van der Waals surface area contributed by atoms with E-state index in [1.165, 1.54) is 0 Å². The van der Waals surface area contributed by atoms with E-state index in [1.807, 2.05) is 0 Å². The fourth-order valence-corrected chi connectivity index (χ4v) is 2.18. The Morgan fingerprint density at radius 1 is 1.32 bits per heavy atom. The van der Waals surface area contributed by atoms with E-state index in [9.17, 15) is 22.8 Å². The number of nitrogens with one attached hydrogen (secondary N) is 1. The molecule has 0 spiro atoms. The number of carbonyl (C=O) groups excluding carboxylic acids is 1. The molecule has 1 aliphatic rings. The highest BCUT2D eigenvalue weighted by Gasteiger charge is 2.60. The third-order valence-corrected chi connectivity index (χ3v) is 3.79. The van der Waals surface area contributed by atoms with Crippen LogP contribution in [0.25, 0.3) is 0 Å². The lowest BCUT2D eigenvalue weighted by Gasteiger charge is -2.34. The van der Waals surface area contributed by atoms with Crippen LogP contribution in [0.15, 0.2) is 0 Å². The number of aliphatic carboxylic acids is 1. The maximum absolute atomic E-state index is 12.8. The molecule has 0 saturated heterocycles. The molecule has 0 aromatic heterocycles. The summed E-state index contributed by atoms with van der Waals surface area (Å²) in [5.74, 6) is -3.08. The van der Waals surface area contributed by atoms with Crippen molar-refractivity contribution in [1.29, 1.82) is 0 Å². The summed E-state index contributed by atoms with van der Waals surface area (Å²) in [5.41, 5.74) is 1.11. The van der Waals surface area contributed by atoms with E-state index in [1.54, 1.807) is 5.32 Å². The number of amides is 1.